The summed E-state index contributed by atoms with van der Waals surface area (Å²) < 4.78 is 5.03. The van der Waals surface area contributed by atoms with Crippen LogP contribution in [0, 0.1) is 0 Å². The molecule has 1 aliphatic carbocycles. The monoisotopic (exact) mass is 620 g/mol. The van der Waals surface area contributed by atoms with Gasteiger partial charge in [0.05, 0.1) is 16.6 Å². The lowest BCUT2D eigenvalue weighted by Crippen LogP contribution is -2.07. The molecule has 0 atom stereocenters. The van der Waals surface area contributed by atoms with Crippen molar-refractivity contribution in [1.82, 2.24) is 9.13 Å². The number of fused-ring (bicyclic) bond motifs is 7. The molecule has 0 fully saturated rings. The van der Waals surface area contributed by atoms with Crippen molar-refractivity contribution < 1.29 is 0 Å². The molecule has 0 N–H and O–H groups in total. The lowest BCUT2D eigenvalue weighted by Gasteiger charge is -2.16. The Kier molecular flexibility index (Phi) is 8.64. The summed E-state index contributed by atoms with van der Waals surface area (Å²) in [7, 11) is 0. The highest BCUT2D eigenvalue weighted by Gasteiger charge is 2.25. The topological polar surface area (TPSA) is 9.86 Å². The third-order valence-corrected chi connectivity index (χ3v) is 9.44. The summed E-state index contributed by atoms with van der Waals surface area (Å²) in [4.78, 5) is 0. The Labute approximate surface area is 283 Å². The molecule has 2 heteroatoms. The van der Waals surface area contributed by atoms with Gasteiger partial charge in [-0.2, -0.15) is 0 Å². The number of aromatic nitrogens is 2. The molecule has 0 spiro atoms. The first-order valence-corrected chi connectivity index (χ1v) is 16.7. The van der Waals surface area contributed by atoms with E-state index in [-0.39, 0.29) is 0 Å². The second kappa shape index (κ2) is 13.5. The molecule has 48 heavy (non-hydrogen) atoms. The highest BCUT2D eigenvalue weighted by atomic mass is 15.0. The number of aryl methyl sites for hydroxylation is 1. The third-order valence-electron chi connectivity index (χ3n) is 9.44. The predicted octanol–water partition coefficient (Wildman–Crippen LogP) is 12.4. The van der Waals surface area contributed by atoms with E-state index < -0.39 is 0 Å². The zero-order chi connectivity index (χ0) is 33.0. The van der Waals surface area contributed by atoms with Gasteiger partial charge < -0.3 is 9.13 Å². The number of hydrogen-bond donors (Lipinski definition) is 0. The van der Waals surface area contributed by atoms with E-state index in [1.54, 1.807) is 12.2 Å². The van der Waals surface area contributed by atoms with Crippen LogP contribution in [0.3, 0.4) is 0 Å². The fraction of sp³-hybridized carbons (Fsp3) is 0.0870. The summed E-state index contributed by atoms with van der Waals surface area (Å²) in [5, 5.41) is 4.00. The number of hydrogen-bond acceptors (Lipinski definition) is 0. The van der Waals surface area contributed by atoms with Gasteiger partial charge in [0, 0.05) is 33.2 Å². The number of rotatable bonds is 7. The lowest BCUT2D eigenvalue weighted by atomic mass is 9.94. The smallest absolute Gasteiger partial charge is 0.0637 e. The van der Waals surface area contributed by atoms with Crippen molar-refractivity contribution in [1.29, 1.82) is 0 Å². The Bertz CT molecular complexity index is 2320. The fourth-order valence-corrected chi connectivity index (χ4v) is 7.29. The molecule has 0 saturated carbocycles. The second-order valence-corrected chi connectivity index (χ2v) is 12.2. The Morgan fingerprint density at radius 3 is 1.90 bits per heavy atom. The molecule has 1 aliphatic rings. The van der Waals surface area contributed by atoms with Gasteiger partial charge >= 0.3 is 0 Å². The Morgan fingerprint density at radius 1 is 0.542 bits per heavy atom. The normalized spacial score (nSPS) is 12.7. The third kappa shape index (κ3) is 5.36. The van der Waals surface area contributed by atoms with Crippen molar-refractivity contribution in [3.63, 3.8) is 0 Å². The Hall–Kier alpha value is -5.86. The van der Waals surface area contributed by atoms with E-state index in [9.17, 15) is 0 Å². The SMILES string of the molecule is C=C/C=C(\C=C)c1ccc(-n2c3c(c4c2ccc2c5ccccc5n(-c5ccc(-c6ccccc6)cc5)c24)CCCC3)cc1.C=CC=C. The van der Waals surface area contributed by atoms with Crippen LogP contribution in [0.1, 0.15) is 29.7 Å². The largest absolute Gasteiger partial charge is 0.313 e. The minimum atomic E-state index is 1.08. The summed E-state index contributed by atoms with van der Waals surface area (Å²) >= 11 is 0. The second-order valence-electron chi connectivity index (χ2n) is 12.2. The first kappa shape index (κ1) is 30.8. The van der Waals surface area contributed by atoms with Crippen molar-refractivity contribution >= 4 is 38.3 Å². The van der Waals surface area contributed by atoms with Gasteiger partial charge in [0.2, 0.25) is 0 Å². The highest BCUT2D eigenvalue weighted by molar-refractivity contribution is 6.19. The fourth-order valence-electron chi connectivity index (χ4n) is 7.29. The number of nitrogens with zero attached hydrogens (tertiary/aromatic N) is 2. The first-order chi connectivity index (χ1) is 23.7. The van der Waals surface area contributed by atoms with Crippen LogP contribution in [0.2, 0.25) is 0 Å². The molecule has 7 aromatic rings. The van der Waals surface area contributed by atoms with Crippen LogP contribution in [0.5, 0.6) is 0 Å². The summed E-state index contributed by atoms with van der Waals surface area (Å²) in [6.45, 7) is 14.6. The summed E-state index contributed by atoms with van der Waals surface area (Å²) in [6.07, 6.45) is 13.6. The molecule has 2 nitrogen and oxygen atoms in total. The van der Waals surface area contributed by atoms with Crippen LogP contribution in [-0.4, -0.2) is 9.13 Å². The van der Waals surface area contributed by atoms with Gasteiger partial charge in [-0.3, -0.25) is 0 Å². The minimum absolute atomic E-state index is 1.08. The average Bonchev–Trinajstić information content (AvgIpc) is 3.67. The van der Waals surface area contributed by atoms with Gasteiger partial charge in [-0.25, -0.2) is 0 Å². The number of allylic oxidation sites excluding steroid dienone is 6. The highest BCUT2D eigenvalue weighted by Crippen LogP contribution is 2.43. The predicted molar refractivity (Wildman–Crippen MR) is 208 cm³/mol. The Balaban J connectivity index is 0.000000865. The van der Waals surface area contributed by atoms with Crippen LogP contribution in [-0.2, 0) is 12.8 Å². The van der Waals surface area contributed by atoms with E-state index in [4.69, 9.17) is 0 Å². The molecule has 0 bridgehead atoms. The van der Waals surface area contributed by atoms with E-state index in [2.05, 4.69) is 151 Å². The maximum atomic E-state index is 4.00. The molecule has 0 aliphatic heterocycles. The van der Waals surface area contributed by atoms with Crippen LogP contribution in [0.15, 0.2) is 172 Å². The van der Waals surface area contributed by atoms with Crippen LogP contribution in [0.4, 0.5) is 0 Å². The summed E-state index contributed by atoms with van der Waals surface area (Å²) in [6, 6.07) is 42.2. The molecule has 0 radical (unpaired) electrons. The van der Waals surface area contributed by atoms with Crippen molar-refractivity contribution in [3.05, 3.63) is 189 Å². The standard InChI is InChI=1S/C42H34N2.C4H6/c1-3-12-29(4-2)31-19-23-33(24-20-31)43-39-18-11-9-16-37(39)41-40(43)28-27-36-35-15-8-10-17-38(35)44(42(36)41)34-25-21-32(22-26-34)30-13-6-5-7-14-30;1-3-4-2/h3-8,10,12-15,17,19-28H,1-2,9,11,16,18H2;3-4H,1-2H2/b29-12+;. The molecule has 0 saturated heterocycles. The van der Waals surface area contributed by atoms with Gasteiger partial charge in [0.15, 0.2) is 0 Å². The molecule has 5 aromatic carbocycles. The van der Waals surface area contributed by atoms with E-state index in [1.165, 1.54) is 79.3 Å². The van der Waals surface area contributed by atoms with Crippen LogP contribution < -0.4 is 0 Å². The number of para-hydroxylation sites is 1. The van der Waals surface area contributed by atoms with E-state index in [0.717, 1.165) is 24.0 Å². The molecule has 0 unspecified atom stereocenters. The van der Waals surface area contributed by atoms with Gasteiger partial charge in [-0.1, -0.05) is 136 Å². The van der Waals surface area contributed by atoms with E-state index >= 15 is 0 Å². The minimum Gasteiger partial charge on any atom is -0.313 e. The average molecular weight is 621 g/mol. The van der Waals surface area contributed by atoms with Crippen molar-refractivity contribution in [2.75, 3.05) is 0 Å². The maximum absolute atomic E-state index is 4.00. The molecule has 234 valence electrons. The molecular formula is C46H40N2. The molecule has 2 aromatic heterocycles. The van der Waals surface area contributed by atoms with Crippen molar-refractivity contribution in [2.45, 2.75) is 25.7 Å². The molecule has 0 amide bonds. The molecular weight excluding hydrogens is 581 g/mol. The molecule has 8 rings (SSSR count). The Morgan fingerprint density at radius 2 is 1.19 bits per heavy atom. The van der Waals surface area contributed by atoms with E-state index in [0.29, 0.717) is 0 Å². The zero-order valence-corrected chi connectivity index (χ0v) is 27.4. The van der Waals surface area contributed by atoms with E-state index in [1.807, 2.05) is 18.2 Å². The lowest BCUT2D eigenvalue weighted by molar-refractivity contribution is 0.667. The van der Waals surface area contributed by atoms with Crippen LogP contribution in [0.25, 0.3) is 60.8 Å². The summed E-state index contributed by atoms with van der Waals surface area (Å²) in [5.74, 6) is 0. The van der Waals surface area contributed by atoms with Crippen molar-refractivity contribution in [3.8, 4) is 22.5 Å². The number of benzene rings is 5. The zero-order valence-electron chi connectivity index (χ0n) is 27.4. The van der Waals surface area contributed by atoms with Crippen LogP contribution >= 0.6 is 0 Å². The van der Waals surface area contributed by atoms with Crippen molar-refractivity contribution in [2.24, 2.45) is 0 Å². The first-order valence-electron chi connectivity index (χ1n) is 16.7. The van der Waals surface area contributed by atoms with Gasteiger partial charge in [-0.05, 0) is 89.9 Å². The van der Waals surface area contributed by atoms with Gasteiger partial charge in [0.1, 0.15) is 0 Å². The van der Waals surface area contributed by atoms with Gasteiger partial charge in [-0.15, -0.1) is 0 Å². The summed E-state index contributed by atoms with van der Waals surface area (Å²) in [5.41, 5.74) is 13.9. The maximum Gasteiger partial charge on any atom is 0.0637 e. The molecule has 2 heterocycles. The van der Waals surface area contributed by atoms with Gasteiger partial charge in [0.25, 0.3) is 0 Å². The quantitative estimate of drug-likeness (QED) is 0.157.